The molecule has 0 aromatic rings. The van der Waals surface area contributed by atoms with Crippen LogP contribution >= 0.6 is 11.8 Å². The van der Waals surface area contributed by atoms with Gasteiger partial charge in [-0.15, -0.1) is 0 Å². The first-order valence-electron chi connectivity index (χ1n) is 6.27. The molecule has 104 valence electrons. The summed E-state index contributed by atoms with van der Waals surface area (Å²) in [6.45, 7) is 2.15. The van der Waals surface area contributed by atoms with Crippen molar-refractivity contribution in [3.05, 3.63) is 10.6 Å². The molecule has 6 nitrogen and oxygen atoms in total. The molecule has 0 aliphatic carbocycles. The molecule has 0 aromatic heterocycles. The van der Waals surface area contributed by atoms with Crippen LogP contribution in [0, 0.1) is 5.92 Å². The van der Waals surface area contributed by atoms with Crippen molar-refractivity contribution in [3.63, 3.8) is 0 Å². The second kappa shape index (κ2) is 5.98. The number of carboxylic acids is 1. The molecule has 0 spiro atoms. The van der Waals surface area contributed by atoms with Crippen LogP contribution in [-0.4, -0.2) is 46.1 Å². The number of carbonyl (C=O) groups excluding carboxylic acids is 2. The second-order valence-corrected chi connectivity index (χ2v) is 6.14. The number of fused-ring (bicyclic) bond motifs is 1. The van der Waals surface area contributed by atoms with Gasteiger partial charge in [0, 0.05) is 11.5 Å². The van der Waals surface area contributed by atoms with E-state index in [9.17, 15) is 19.8 Å². The van der Waals surface area contributed by atoms with E-state index in [1.807, 2.05) is 0 Å². The van der Waals surface area contributed by atoms with Crippen molar-refractivity contribution < 1.29 is 54.1 Å². The molecular weight excluding hydrogens is 293 g/mol. The largest absolute Gasteiger partial charge is 1.00 e. The minimum absolute atomic E-state index is 0. The number of amides is 1. The SMILES string of the molecule is C[C@H](O)[C@@H]1C(=O)N2C(C(=O)[O-])=C([C@H]3CCCO3)S[C@@H]12.[Na+]. The van der Waals surface area contributed by atoms with E-state index in [0.29, 0.717) is 11.5 Å². The summed E-state index contributed by atoms with van der Waals surface area (Å²) in [6, 6.07) is 0. The number of aliphatic hydroxyl groups is 1. The first kappa shape index (κ1) is 16.3. The topological polar surface area (TPSA) is 89.9 Å². The number of aliphatic hydroxyl groups excluding tert-OH is 1. The molecule has 1 amide bonds. The molecule has 3 heterocycles. The Balaban J connectivity index is 0.00000147. The van der Waals surface area contributed by atoms with E-state index in [1.54, 1.807) is 6.92 Å². The molecule has 0 saturated carbocycles. The molecule has 4 atom stereocenters. The maximum Gasteiger partial charge on any atom is 1.00 e. The van der Waals surface area contributed by atoms with Crippen molar-refractivity contribution >= 4 is 23.6 Å². The van der Waals surface area contributed by atoms with Gasteiger partial charge >= 0.3 is 29.6 Å². The predicted molar refractivity (Wildman–Crippen MR) is 64.4 cm³/mol. The molecule has 0 unspecified atom stereocenters. The third-order valence-electron chi connectivity index (χ3n) is 3.74. The van der Waals surface area contributed by atoms with E-state index in [-0.39, 0.29) is 52.6 Å². The molecule has 1 N–H and O–H groups in total. The quantitative estimate of drug-likeness (QED) is 0.423. The van der Waals surface area contributed by atoms with E-state index in [1.165, 1.54) is 16.7 Å². The zero-order valence-electron chi connectivity index (χ0n) is 11.4. The summed E-state index contributed by atoms with van der Waals surface area (Å²) in [5, 5.41) is 20.5. The number of carbonyl (C=O) groups is 2. The fourth-order valence-corrected chi connectivity index (χ4v) is 4.51. The van der Waals surface area contributed by atoms with E-state index < -0.39 is 18.0 Å². The van der Waals surface area contributed by atoms with E-state index in [0.717, 1.165) is 12.8 Å². The van der Waals surface area contributed by atoms with E-state index in [2.05, 4.69) is 0 Å². The van der Waals surface area contributed by atoms with Crippen LogP contribution < -0.4 is 34.7 Å². The van der Waals surface area contributed by atoms with Gasteiger partial charge in [0.15, 0.2) is 0 Å². The molecule has 0 bridgehead atoms. The fourth-order valence-electron chi connectivity index (χ4n) is 2.81. The van der Waals surface area contributed by atoms with Crippen LogP contribution in [0.4, 0.5) is 0 Å². The first-order valence-corrected chi connectivity index (χ1v) is 7.15. The van der Waals surface area contributed by atoms with Crippen LogP contribution in [0.15, 0.2) is 10.6 Å². The first-order chi connectivity index (χ1) is 9.02. The Morgan fingerprint density at radius 1 is 1.60 bits per heavy atom. The standard InChI is InChI=1S/C12H15NO5S.Na/c1-5(14)7-10(15)13-8(12(16)17)9(19-11(7)13)6-3-2-4-18-6;/h5-7,11,14H,2-4H2,1H3,(H,16,17);/q;+1/p-1/t5-,6+,7+,11-;/m0./s1. The molecular formula is C12H14NNaO5S. The van der Waals surface area contributed by atoms with E-state index >= 15 is 0 Å². The number of hydrogen-bond acceptors (Lipinski definition) is 6. The Morgan fingerprint density at radius 2 is 2.30 bits per heavy atom. The molecule has 3 rings (SSSR count). The maximum absolute atomic E-state index is 11.9. The summed E-state index contributed by atoms with van der Waals surface area (Å²) >= 11 is 1.31. The maximum atomic E-state index is 11.9. The van der Waals surface area contributed by atoms with Crippen molar-refractivity contribution in [3.8, 4) is 0 Å². The number of ether oxygens (including phenoxy) is 1. The Bertz CT molecular complexity index is 474. The van der Waals surface area contributed by atoms with Gasteiger partial charge in [-0.25, -0.2) is 0 Å². The van der Waals surface area contributed by atoms with Crippen molar-refractivity contribution in [2.75, 3.05) is 6.61 Å². The third-order valence-corrected chi connectivity index (χ3v) is 5.20. The number of rotatable bonds is 3. The zero-order valence-corrected chi connectivity index (χ0v) is 14.2. The van der Waals surface area contributed by atoms with Gasteiger partial charge in [-0.1, -0.05) is 11.8 Å². The summed E-state index contributed by atoms with van der Waals surface area (Å²) in [7, 11) is 0. The summed E-state index contributed by atoms with van der Waals surface area (Å²) in [5.74, 6) is -2.24. The summed E-state index contributed by atoms with van der Waals surface area (Å²) in [6.07, 6.45) is 0.597. The summed E-state index contributed by atoms with van der Waals surface area (Å²) in [5.41, 5.74) is -0.0659. The smallest absolute Gasteiger partial charge is 0.543 e. The van der Waals surface area contributed by atoms with Crippen molar-refractivity contribution in [2.24, 2.45) is 5.92 Å². The fraction of sp³-hybridized carbons (Fsp3) is 0.667. The van der Waals surface area contributed by atoms with Gasteiger partial charge in [-0.2, -0.15) is 0 Å². The van der Waals surface area contributed by atoms with Crippen LogP contribution in [0.1, 0.15) is 19.8 Å². The number of thioether (sulfide) groups is 1. The molecule has 0 radical (unpaired) electrons. The number of β-lactam (4-membered cyclic amide) rings is 1. The second-order valence-electron chi connectivity index (χ2n) is 4.99. The molecule has 3 aliphatic heterocycles. The Labute approximate surface area is 142 Å². The van der Waals surface area contributed by atoms with Gasteiger partial charge in [0.25, 0.3) is 0 Å². The predicted octanol–water partition coefficient (Wildman–Crippen LogP) is -3.96. The van der Waals surface area contributed by atoms with Gasteiger partial charge in [0.2, 0.25) is 5.91 Å². The number of nitrogens with zero attached hydrogens (tertiary/aromatic N) is 1. The third kappa shape index (κ3) is 2.34. The van der Waals surface area contributed by atoms with Gasteiger partial charge in [0.1, 0.15) is 5.37 Å². The number of aliphatic carboxylic acids is 1. The van der Waals surface area contributed by atoms with Gasteiger partial charge in [-0.3, -0.25) is 9.69 Å². The molecule has 8 heteroatoms. The zero-order chi connectivity index (χ0) is 13.7. The normalized spacial score (nSPS) is 33.6. The molecule has 0 aromatic carbocycles. The van der Waals surface area contributed by atoms with Gasteiger partial charge in [-0.05, 0) is 19.8 Å². The minimum Gasteiger partial charge on any atom is -0.543 e. The number of carboxylic acid groups (broad SMARTS) is 1. The average Bonchev–Trinajstić information content (AvgIpc) is 2.92. The van der Waals surface area contributed by atoms with Crippen LogP contribution in [0.2, 0.25) is 0 Å². The molecule has 2 fully saturated rings. The van der Waals surface area contributed by atoms with Crippen LogP contribution in [0.3, 0.4) is 0 Å². The summed E-state index contributed by atoms with van der Waals surface area (Å²) in [4.78, 5) is 25.0. The van der Waals surface area contributed by atoms with Crippen molar-refractivity contribution in [1.29, 1.82) is 0 Å². The Morgan fingerprint density at radius 3 is 2.80 bits per heavy atom. The van der Waals surface area contributed by atoms with Gasteiger partial charge < -0.3 is 19.7 Å². The molecule has 3 aliphatic rings. The monoisotopic (exact) mass is 307 g/mol. The van der Waals surface area contributed by atoms with E-state index in [4.69, 9.17) is 4.74 Å². The number of hydrogen-bond donors (Lipinski definition) is 1. The van der Waals surface area contributed by atoms with Gasteiger partial charge in [0.05, 0.1) is 29.8 Å². The molecule has 20 heavy (non-hydrogen) atoms. The molecule has 2 saturated heterocycles. The average molecular weight is 307 g/mol. The van der Waals surface area contributed by atoms with Crippen LogP contribution in [0.5, 0.6) is 0 Å². The van der Waals surface area contributed by atoms with Crippen LogP contribution in [-0.2, 0) is 14.3 Å². The Hall–Kier alpha value is -0.0500. The van der Waals surface area contributed by atoms with Crippen molar-refractivity contribution in [2.45, 2.75) is 37.3 Å². The van der Waals surface area contributed by atoms with Crippen LogP contribution in [0.25, 0.3) is 0 Å². The van der Waals surface area contributed by atoms with Crippen molar-refractivity contribution in [1.82, 2.24) is 4.90 Å². The summed E-state index contributed by atoms with van der Waals surface area (Å²) < 4.78 is 5.50. The Kier molecular flexibility index (Phi) is 4.88. The minimum atomic E-state index is -1.35.